The lowest BCUT2D eigenvalue weighted by Gasteiger charge is -2.31. The Morgan fingerprint density at radius 1 is 1.41 bits per heavy atom. The third kappa shape index (κ3) is 4.99. The van der Waals surface area contributed by atoms with Crippen molar-refractivity contribution in [1.29, 1.82) is 0 Å². The summed E-state index contributed by atoms with van der Waals surface area (Å²) in [5.41, 5.74) is 1.51. The van der Waals surface area contributed by atoms with E-state index in [0.717, 1.165) is 38.7 Å². The molecule has 0 radical (unpaired) electrons. The smallest absolute Gasteiger partial charge is 0.191 e. The van der Waals surface area contributed by atoms with Gasteiger partial charge in [0.15, 0.2) is 5.96 Å². The van der Waals surface area contributed by atoms with E-state index in [1.807, 2.05) is 11.3 Å². The Morgan fingerprint density at radius 3 is 3.05 bits per heavy atom. The molecule has 0 aromatic carbocycles. The van der Waals surface area contributed by atoms with Gasteiger partial charge in [0.2, 0.25) is 0 Å². The molecular formula is C17H30N4S. The summed E-state index contributed by atoms with van der Waals surface area (Å²) in [5.74, 6) is 0.955. The first kappa shape index (κ1) is 17.3. The van der Waals surface area contributed by atoms with Gasteiger partial charge in [0.1, 0.15) is 0 Å². The van der Waals surface area contributed by atoms with Crippen molar-refractivity contribution < 1.29 is 0 Å². The van der Waals surface area contributed by atoms with Gasteiger partial charge < -0.3 is 10.6 Å². The van der Waals surface area contributed by atoms with Crippen LogP contribution in [0.4, 0.5) is 0 Å². The van der Waals surface area contributed by atoms with Crippen molar-refractivity contribution in [1.82, 2.24) is 15.5 Å². The second kappa shape index (κ2) is 9.16. The standard InChI is InChI=1S/C17H30N4S/c1-4-6-9-19-17(18-5-2)20-12-14(3)21-10-7-16-15(13-21)8-11-22-16/h8,11,14H,4-7,9-10,12-13H2,1-3H3,(H2,18,19,20). The first-order valence-corrected chi connectivity index (χ1v) is 9.44. The van der Waals surface area contributed by atoms with Crippen molar-refractivity contribution in [3.05, 3.63) is 21.9 Å². The molecule has 0 aliphatic carbocycles. The molecule has 2 heterocycles. The van der Waals surface area contributed by atoms with Gasteiger partial charge in [0.25, 0.3) is 0 Å². The highest BCUT2D eigenvalue weighted by Crippen LogP contribution is 2.25. The van der Waals surface area contributed by atoms with Crippen LogP contribution in [0.3, 0.4) is 0 Å². The van der Waals surface area contributed by atoms with Crippen LogP contribution < -0.4 is 10.6 Å². The first-order valence-electron chi connectivity index (χ1n) is 8.56. The zero-order valence-electron chi connectivity index (χ0n) is 14.2. The van der Waals surface area contributed by atoms with E-state index in [2.05, 4.69) is 47.8 Å². The van der Waals surface area contributed by atoms with E-state index >= 15 is 0 Å². The normalized spacial score (nSPS) is 17.1. The van der Waals surface area contributed by atoms with Crippen LogP contribution in [0.5, 0.6) is 0 Å². The zero-order valence-corrected chi connectivity index (χ0v) is 15.0. The summed E-state index contributed by atoms with van der Waals surface area (Å²) in [6.45, 7) is 11.6. The highest BCUT2D eigenvalue weighted by Gasteiger charge is 2.21. The summed E-state index contributed by atoms with van der Waals surface area (Å²) in [5, 5.41) is 8.97. The molecule has 0 fully saturated rings. The van der Waals surface area contributed by atoms with Crippen LogP contribution in [0.15, 0.2) is 16.4 Å². The molecule has 0 bridgehead atoms. The van der Waals surface area contributed by atoms with Gasteiger partial charge in [-0.3, -0.25) is 9.89 Å². The Bertz CT molecular complexity index is 469. The summed E-state index contributed by atoms with van der Waals surface area (Å²) in [7, 11) is 0. The fourth-order valence-electron chi connectivity index (χ4n) is 2.71. The second-order valence-electron chi connectivity index (χ2n) is 5.94. The number of aliphatic imine (C=N–C) groups is 1. The fourth-order valence-corrected chi connectivity index (χ4v) is 3.60. The number of unbranched alkanes of at least 4 members (excludes halogenated alkanes) is 1. The summed E-state index contributed by atoms with van der Waals surface area (Å²) < 4.78 is 0. The predicted octanol–water partition coefficient (Wildman–Crippen LogP) is 2.85. The van der Waals surface area contributed by atoms with E-state index in [4.69, 9.17) is 4.99 Å². The van der Waals surface area contributed by atoms with E-state index in [1.54, 1.807) is 4.88 Å². The molecule has 1 unspecified atom stereocenters. The van der Waals surface area contributed by atoms with Gasteiger partial charge in [-0.2, -0.15) is 0 Å². The number of guanidine groups is 1. The predicted molar refractivity (Wildman–Crippen MR) is 96.8 cm³/mol. The highest BCUT2D eigenvalue weighted by atomic mass is 32.1. The largest absolute Gasteiger partial charge is 0.357 e. The number of rotatable bonds is 7. The van der Waals surface area contributed by atoms with Gasteiger partial charge in [0, 0.05) is 37.1 Å². The molecule has 0 amide bonds. The molecule has 22 heavy (non-hydrogen) atoms. The lowest BCUT2D eigenvalue weighted by molar-refractivity contribution is 0.197. The third-order valence-electron chi connectivity index (χ3n) is 4.14. The number of fused-ring (bicyclic) bond motifs is 1. The van der Waals surface area contributed by atoms with Crippen LogP contribution in [0.1, 0.15) is 44.1 Å². The van der Waals surface area contributed by atoms with E-state index < -0.39 is 0 Å². The average molecular weight is 323 g/mol. The van der Waals surface area contributed by atoms with Crippen molar-refractivity contribution in [2.45, 2.75) is 52.6 Å². The van der Waals surface area contributed by atoms with Crippen LogP contribution in [0.25, 0.3) is 0 Å². The molecule has 1 atom stereocenters. The van der Waals surface area contributed by atoms with Crippen molar-refractivity contribution in [3.8, 4) is 0 Å². The molecule has 1 aromatic rings. The second-order valence-corrected chi connectivity index (χ2v) is 6.94. The van der Waals surface area contributed by atoms with Gasteiger partial charge in [-0.05, 0) is 43.7 Å². The van der Waals surface area contributed by atoms with Crippen LogP contribution in [-0.4, -0.2) is 43.1 Å². The lowest BCUT2D eigenvalue weighted by atomic mass is 10.1. The van der Waals surface area contributed by atoms with E-state index in [9.17, 15) is 0 Å². The maximum absolute atomic E-state index is 4.76. The van der Waals surface area contributed by atoms with Crippen LogP contribution in [0, 0.1) is 0 Å². The molecule has 2 rings (SSSR count). The van der Waals surface area contributed by atoms with Crippen molar-refractivity contribution >= 4 is 17.3 Å². The summed E-state index contributed by atoms with van der Waals surface area (Å²) in [6, 6.07) is 2.76. The fraction of sp³-hybridized carbons (Fsp3) is 0.706. The molecule has 0 saturated heterocycles. The van der Waals surface area contributed by atoms with Gasteiger partial charge in [-0.25, -0.2) is 0 Å². The quantitative estimate of drug-likeness (QED) is 0.461. The monoisotopic (exact) mass is 322 g/mol. The number of nitrogens with zero attached hydrogens (tertiary/aromatic N) is 2. The minimum Gasteiger partial charge on any atom is -0.357 e. The number of hydrogen-bond acceptors (Lipinski definition) is 3. The molecule has 0 spiro atoms. The number of nitrogens with one attached hydrogen (secondary N) is 2. The van der Waals surface area contributed by atoms with Crippen LogP contribution >= 0.6 is 11.3 Å². The summed E-state index contributed by atoms with van der Waals surface area (Å²) in [4.78, 5) is 8.88. The molecule has 2 N–H and O–H groups in total. The third-order valence-corrected chi connectivity index (χ3v) is 5.16. The Hall–Kier alpha value is -1.07. The molecule has 4 nitrogen and oxygen atoms in total. The first-order chi connectivity index (χ1) is 10.7. The van der Waals surface area contributed by atoms with E-state index in [-0.39, 0.29) is 0 Å². The highest BCUT2D eigenvalue weighted by molar-refractivity contribution is 7.10. The maximum atomic E-state index is 4.76. The topological polar surface area (TPSA) is 39.7 Å². The van der Waals surface area contributed by atoms with Gasteiger partial charge >= 0.3 is 0 Å². The van der Waals surface area contributed by atoms with Crippen LogP contribution in [0.2, 0.25) is 0 Å². The zero-order chi connectivity index (χ0) is 15.8. The Kier molecular flexibility index (Phi) is 7.19. The molecule has 5 heteroatoms. The number of thiophene rings is 1. The van der Waals surface area contributed by atoms with Crippen molar-refractivity contribution in [3.63, 3.8) is 0 Å². The molecule has 1 aliphatic heterocycles. The van der Waals surface area contributed by atoms with Gasteiger partial charge in [0.05, 0.1) is 6.54 Å². The molecule has 1 aliphatic rings. The molecule has 0 saturated carbocycles. The maximum Gasteiger partial charge on any atom is 0.191 e. The van der Waals surface area contributed by atoms with E-state index in [0.29, 0.717) is 6.04 Å². The number of hydrogen-bond donors (Lipinski definition) is 2. The van der Waals surface area contributed by atoms with Crippen LogP contribution in [-0.2, 0) is 13.0 Å². The Balaban J connectivity index is 1.84. The summed E-state index contributed by atoms with van der Waals surface area (Å²) >= 11 is 1.90. The lowest BCUT2D eigenvalue weighted by Crippen LogP contribution is -2.41. The minimum atomic E-state index is 0.481. The Morgan fingerprint density at radius 2 is 2.27 bits per heavy atom. The average Bonchev–Trinajstić information content (AvgIpc) is 3.00. The van der Waals surface area contributed by atoms with Crippen molar-refractivity contribution in [2.24, 2.45) is 4.99 Å². The molecular weight excluding hydrogens is 292 g/mol. The molecule has 124 valence electrons. The van der Waals surface area contributed by atoms with Gasteiger partial charge in [-0.1, -0.05) is 13.3 Å². The van der Waals surface area contributed by atoms with Gasteiger partial charge in [-0.15, -0.1) is 11.3 Å². The van der Waals surface area contributed by atoms with Crippen molar-refractivity contribution in [2.75, 3.05) is 26.2 Å². The summed E-state index contributed by atoms with van der Waals surface area (Å²) in [6.07, 6.45) is 3.59. The molecule has 1 aromatic heterocycles. The Labute approximate surface area is 139 Å². The SMILES string of the molecule is CCCCNC(=NCC(C)N1CCc2sccc2C1)NCC. The minimum absolute atomic E-state index is 0.481. The van der Waals surface area contributed by atoms with E-state index in [1.165, 1.54) is 24.8 Å².